The molecule has 1 fully saturated rings. The van der Waals surface area contributed by atoms with Gasteiger partial charge < -0.3 is 15.4 Å². The first-order chi connectivity index (χ1) is 9.48. The Morgan fingerprint density at radius 1 is 1.45 bits per heavy atom. The summed E-state index contributed by atoms with van der Waals surface area (Å²) < 4.78 is 5.42. The Labute approximate surface area is 119 Å². The number of hydrogen-bond acceptors (Lipinski definition) is 5. The number of nitrogens with one attached hydrogen (secondary N) is 2. The van der Waals surface area contributed by atoms with Crippen molar-refractivity contribution in [3.05, 3.63) is 17.8 Å². The lowest BCUT2D eigenvalue weighted by atomic mass is 9.64. The van der Waals surface area contributed by atoms with Gasteiger partial charge in [-0.3, -0.25) is 4.79 Å². The minimum Gasteiger partial charge on any atom is -0.381 e. The summed E-state index contributed by atoms with van der Waals surface area (Å²) in [4.78, 5) is 11.6. The molecular weight excluding hydrogens is 256 g/mol. The molecule has 2 N–H and O–H groups in total. The van der Waals surface area contributed by atoms with E-state index in [1.54, 1.807) is 19.2 Å². The maximum absolute atomic E-state index is 11.6. The molecule has 1 saturated carbocycles. The number of ether oxygens (including phenoxy) is 1. The summed E-state index contributed by atoms with van der Waals surface area (Å²) >= 11 is 0. The van der Waals surface area contributed by atoms with Crippen molar-refractivity contribution in [2.45, 2.75) is 39.3 Å². The molecule has 0 radical (unpaired) electrons. The molecule has 0 aliphatic heterocycles. The molecule has 1 heterocycles. The van der Waals surface area contributed by atoms with Crippen LogP contribution in [0.4, 0.5) is 5.82 Å². The van der Waals surface area contributed by atoms with Crippen LogP contribution in [0.25, 0.3) is 0 Å². The molecule has 1 aromatic heterocycles. The second-order valence-corrected chi connectivity index (χ2v) is 5.64. The van der Waals surface area contributed by atoms with Crippen molar-refractivity contribution in [2.24, 2.45) is 5.41 Å². The van der Waals surface area contributed by atoms with E-state index in [1.807, 2.05) is 6.92 Å². The van der Waals surface area contributed by atoms with E-state index in [4.69, 9.17) is 4.74 Å². The van der Waals surface area contributed by atoms with E-state index in [0.717, 1.165) is 6.42 Å². The first kappa shape index (κ1) is 14.7. The lowest BCUT2D eigenvalue weighted by Crippen LogP contribution is -2.57. The van der Waals surface area contributed by atoms with Gasteiger partial charge in [0.05, 0.1) is 6.10 Å². The van der Waals surface area contributed by atoms with E-state index in [0.29, 0.717) is 24.1 Å². The Kier molecular flexibility index (Phi) is 4.23. The number of nitrogens with zero attached hydrogens (tertiary/aromatic N) is 2. The Hall–Kier alpha value is -1.69. The summed E-state index contributed by atoms with van der Waals surface area (Å²) in [6.07, 6.45) is 1.21. The second kappa shape index (κ2) is 5.75. The van der Waals surface area contributed by atoms with Crippen LogP contribution >= 0.6 is 0 Å². The molecule has 2 atom stereocenters. The van der Waals surface area contributed by atoms with Crippen LogP contribution in [0, 0.1) is 5.41 Å². The van der Waals surface area contributed by atoms with Gasteiger partial charge in [-0.25, -0.2) is 0 Å². The number of carbonyl (C=O) groups excluding carboxylic acids is 1. The number of methoxy groups -OCH3 is 1. The predicted molar refractivity (Wildman–Crippen MR) is 76.6 cm³/mol. The van der Waals surface area contributed by atoms with Crippen molar-refractivity contribution in [1.82, 2.24) is 15.5 Å². The zero-order valence-corrected chi connectivity index (χ0v) is 12.4. The Morgan fingerprint density at radius 3 is 2.70 bits per heavy atom. The van der Waals surface area contributed by atoms with Gasteiger partial charge in [0.15, 0.2) is 5.69 Å². The van der Waals surface area contributed by atoms with Crippen LogP contribution in [-0.4, -0.2) is 41.9 Å². The zero-order chi connectivity index (χ0) is 14.8. The predicted octanol–water partition coefficient (Wildman–Crippen LogP) is 1.45. The topological polar surface area (TPSA) is 76.1 Å². The molecule has 6 nitrogen and oxygen atoms in total. The first-order valence-electron chi connectivity index (χ1n) is 6.90. The van der Waals surface area contributed by atoms with Crippen LogP contribution in [0.5, 0.6) is 0 Å². The lowest BCUT2D eigenvalue weighted by molar-refractivity contribution is -0.0795. The summed E-state index contributed by atoms with van der Waals surface area (Å²) in [6.45, 7) is 6.78. The van der Waals surface area contributed by atoms with Gasteiger partial charge in [0, 0.05) is 25.1 Å². The Morgan fingerprint density at radius 2 is 2.20 bits per heavy atom. The highest BCUT2D eigenvalue weighted by molar-refractivity contribution is 5.92. The molecule has 20 heavy (non-hydrogen) atoms. The number of amides is 1. The first-order valence-corrected chi connectivity index (χ1v) is 6.90. The van der Waals surface area contributed by atoms with Crippen LogP contribution < -0.4 is 10.6 Å². The second-order valence-electron chi connectivity index (χ2n) is 5.64. The van der Waals surface area contributed by atoms with Crippen LogP contribution in [0.3, 0.4) is 0 Å². The molecule has 0 aromatic carbocycles. The minimum atomic E-state index is -0.199. The largest absolute Gasteiger partial charge is 0.381 e. The summed E-state index contributed by atoms with van der Waals surface area (Å²) in [5.74, 6) is 0.487. The highest BCUT2D eigenvalue weighted by atomic mass is 16.5. The molecular formula is C14H22N4O2. The lowest BCUT2D eigenvalue weighted by Gasteiger charge is -2.51. The van der Waals surface area contributed by atoms with E-state index in [1.165, 1.54) is 0 Å². The van der Waals surface area contributed by atoms with E-state index in [-0.39, 0.29) is 17.4 Å². The van der Waals surface area contributed by atoms with E-state index in [9.17, 15) is 4.79 Å². The standard InChI is InChI=1S/C14H22N4O2/c1-5-15-13(19)9-6-7-12(18-17-9)16-10-8-11(20-4)14(10,2)3/h6-7,10-11H,5,8H2,1-4H3,(H,15,19)(H,16,18). The number of rotatable bonds is 5. The normalized spacial score (nSPS) is 23.8. The van der Waals surface area contributed by atoms with Gasteiger partial charge in [0.25, 0.3) is 5.91 Å². The fraction of sp³-hybridized carbons (Fsp3) is 0.643. The van der Waals surface area contributed by atoms with Crippen molar-refractivity contribution in [3.8, 4) is 0 Å². The fourth-order valence-corrected chi connectivity index (χ4v) is 2.49. The maximum Gasteiger partial charge on any atom is 0.271 e. The van der Waals surface area contributed by atoms with Gasteiger partial charge in [-0.15, -0.1) is 10.2 Å². The summed E-state index contributed by atoms with van der Waals surface area (Å²) in [6, 6.07) is 3.77. The quantitative estimate of drug-likeness (QED) is 0.852. The Balaban J connectivity index is 1.97. The molecule has 2 rings (SSSR count). The van der Waals surface area contributed by atoms with Gasteiger partial charge in [0.1, 0.15) is 5.82 Å². The summed E-state index contributed by atoms with van der Waals surface area (Å²) in [7, 11) is 1.74. The molecule has 1 aromatic rings. The van der Waals surface area contributed by atoms with Gasteiger partial charge in [-0.05, 0) is 25.5 Å². The van der Waals surface area contributed by atoms with Crippen molar-refractivity contribution in [1.29, 1.82) is 0 Å². The molecule has 110 valence electrons. The van der Waals surface area contributed by atoms with Crippen molar-refractivity contribution in [2.75, 3.05) is 19.0 Å². The van der Waals surface area contributed by atoms with Crippen LogP contribution in [0.1, 0.15) is 37.7 Å². The summed E-state index contributed by atoms with van der Waals surface area (Å²) in [5.41, 5.74) is 0.398. The average molecular weight is 278 g/mol. The molecule has 6 heteroatoms. The molecule has 1 amide bonds. The maximum atomic E-state index is 11.6. The minimum absolute atomic E-state index is 0.0642. The molecule has 1 aliphatic carbocycles. The van der Waals surface area contributed by atoms with E-state index >= 15 is 0 Å². The molecule has 2 unspecified atom stereocenters. The average Bonchev–Trinajstić information content (AvgIpc) is 2.44. The summed E-state index contributed by atoms with van der Waals surface area (Å²) in [5, 5.41) is 14.0. The van der Waals surface area contributed by atoms with Gasteiger partial charge in [0.2, 0.25) is 0 Å². The fourth-order valence-electron chi connectivity index (χ4n) is 2.49. The smallest absolute Gasteiger partial charge is 0.271 e. The molecule has 0 spiro atoms. The monoisotopic (exact) mass is 278 g/mol. The van der Waals surface area contributed by atoms with Gasteiger partial charge >= 0.3 is 0 Å². The third kappa shape index (κ3) is 2.75. The van der Waals surface area contributed by atoms with Crippen LogP contribution in [0.2, 0.25) is 0 Å². The SMILES string of the molecule is CCNC(=O)c1ccc(NC2CC(OC)C2(C)C)nn1. The van der Waals surface area contributed by atoms with Crippen LogP contribution in [-0.2, 0) is 4.74 Å². The van der Waals surface area contributed by atoms with Crippen molar-refractivity contribution in [3.63, 3.8) is 0 Å². The van der Waals surface area contributed by atoms with Crippen molar-refractivity contribution >= 4 is 11.7 Å². The molecule has 0 saturated heterocycles. The van der Waals surface area contributed by atoms with Gasteiger partial charge in [-0.2, -0.15) is 0 Å². The van der Waals surface area contributed by atoms with Gasteiger partial charge in [-0.1, -0.05) is 13.8 Å². The van der Waals surface area contributed by atoms with E-state index < -0.39 is 0 Å². The number of hydrogen-bond donors (Lipinski definition) is 2. The van der Waals surface area contributed by atoms with Crippen LogP contribution in [0.15, 0.2) is 12.1 Å². The zero-order valence-electron chi connectivity index (χ0n) is 12.4. The number of carbonyl (C=O) groups is 1. The number of aromatic nitrogens is 2. The third-order valence-electron chi connectivity index (χ3n) is 4.02. The Bertz CT molecular complexity index is 473. The highest BCUT2D eigenvalue weighted by Gasteiger charge is 2.48. The third-order valence-corrected chi connectivity index (χ3v) is 4.02. The number of anilines is 1. The molecule has 0 bridgehead atoms. The molecule has 1 aliphatic rings. The highest BCUT2D eigenvalue weighted by Crippen LogP contribution is 2.43. The van der Waals surface area contributed by atoms with Crippen molar-refractivity contribution < 1.29 is 9.53 Å². The van der Waals surface area contributed by atoms with E-state index in [2.05, 4.69) is 34.7 Å².